The van der Waals surface area contributed by atoms with Gasteiger partial charge in [0, 0.05) is 50.7 Å². The first-order chi connectivity index (χ1) is 11.7. The van der Waals surface area contributed by atoms with Gasteiger partial charge in [0.2, 0.25) is 5.91 Å². The molecule has 2 heterocycles. The van der Waals surface area contributed by atoms with Crippen LogP contribution in [-0.2, 0) is 11.3 Å². The highest BCUT2D eigenvalue weighted by molar-refractivity contribution is 5.78. The zero-order valence-electron chi connectivity index (χ0n) is 13.4. The molecular formula is C17H20FN5O. The van der Waals surface area contributed by atoms with Crippen LogP contribution in [0.5, 0.6) is 0 Å². The van der Waals surface area contributed by atoms with Crippen molar-refractivity contribution in [3.05, 3.63) is 54.2 Å². The van der Waals surface area contributed by atoms with Crippen molar-refractivity contribution in [1.82, 2.24) is 20.2 Å². The zero-order valence-corrected chi connectivity index (χ0v) is 13.4. The fourth-order valence-corrected chi connectivity index (χ4v) is 2.68. The van der Waals surface area contributed by atoms with Crippen LogP contribution < -0.4 is 10.2 Å². The molecule has 1 aliphatic rings. The third-order valence-corrected chi connectivity index (χ3v) is 4.05. The summed E-state index contributed by atoms with van der Waals surface area (Å²) >= 11 is 0. The van der Waals surface area contributed by atoms with Crippen molar-refractivity contribution in [2.75, 3.05) is 37.6 Å². The van der Waals surface area contributed by atoms with Crippen LogP contribution in [0.2, 0.25) is 0 Å². The summed E-state index contributed by atoms with van der Waals surface area (Å²) in [7, 11) is 0. The molecule has 1 N–H and O–H groups in total. The van der Waals surface area contributed by atoms with Crippen molar-refractivity contribution < 1.29 is 9.18 Å². The Balaban J connectivity index is 1.43. The lowest BCUT2D eigenvalue weighted by Gasteiger charge is -2.34. The lowest BCUT2D eigenvalue weighted by atomic mass is 10.2. The van der Waals surface area contributed by atoms with Gasteiger partial charge in [0.25, 0.3) is 0 Å². The van der Waals surface area contributed by atoms with E-state index in [2.05, 4.69) is 25.1 Å². The van der Waals surface area contributed by atoms with Crippen LogP contribution in [0.15, 0.2) is 42.9 Å². The zero-order chi connectivity index (χ0) is 16.8. The molecule has 2 aromatic rings. The van der Waals surface area contributed by atoms with Gasteiger partial charge in [0.1, 0.15) is 11.6 Å². The van der Waals surface area contributed by atoms with E-state index in [-0.39, 0.29) is 18.3 Å². The summed E-state index contributed by atoms with van der Waals surface area (Å²) in [6.07, 6.45) is 5.08. The molecule has 0 aliphatic carbocycles. The summed E-state index contributed by atoms with van der Waals surface area (Å²) in [5.41, 5.74) is 0.498. The van der Waals surface area contributed by atoms with Crippen LogP contribution >= 0.6 is 0 Å². The molecule has 7 heteroatoms. The second-order valence-corrected chi connectivity index (χ2v) is 5.69. The molecule has 6 nitrogen and oxygen atoms in total. The molecule has 1 aromatic heterocycles. The maximum absolute atomic E-state index is 13.5. The van der Waals surface area contributed by atoms with Gasteiger partial charge in [-0.1, -0.05) is 18.2 Å². The molecule has 1 fully saturated rings. The van der Waals surface area contributed by atoms with E-state index >= 15 is 0 Å². The SMILES string of the molecule is O=C(CN1CCN(c2cnccn2)CC1)NCc1ccccc1F. The molecule has 3 rings (SSSR count). The van der Waals surface area contributed by atoms with Crippen LogP contribution in [-0.4, -0.2) is 53.5 Å². The molecule has 0 atom stereocenters. The highest BCUT2D eigenvalue weighted by Crippen LogP contribution is 2.11. The number of hydrogen-bond donors (Lipinski definition) is 1. The first-order valence-electron chi connectivity index (χ1n) is 7.96. The maximum atomic E-state index is 13.5. The Kier molecular flexibility index (Phi) is 5.32. The van der Waals surface area contributed by atoms with Gasteiger partial charge in [0.05, 0.1) is 12.7 Å². The van der Waals surface area contributed by atoms with Gasteiger partial charge in [-0.2, -0.15) is 0 Å². The van der Waals surface area contributed by atoms with Crippen LogP contribution in [0.3, 0.4) is 0 Å². The first kappa shape index (κ1) is 16.3. The Morgan fingerprint density at radius 1 is 1.17 bits per heavy atom. The Hall–Kier alpha value is -2.54. The number of nitrogens with one attached hydrogen (secondary N) is 1. The number of nitrogens with zero attached hydrogens (tertiary/aromatic N) is 4. The highest BCUT2D eigenvalue weighted by atomic mass is 19.1. The number of benzene rings is 1. The van der Waals surface area contributed by atoms with Gasteiger partial charge in [-0.3, -0.25) is 14.7 Å². The number of piperazine rings is 1. The quantitative estimate of drug-likeness (QED) is 0.889. The summed E-state index contributed by atoms with van der Waals surface area (Å²) in [5.74, 6) is 0.475. The third kappa shape index (κ3) is 4.26. The monoisotopic (exact) mass is 329 g/mol. The van der Waals surface area contributed by atoms with E-state index in [0.29, 0.717) is 12.1 Å². The summed E-state index contributed by atoms with van der Waals surface area (Å²) in [5, 5.41) is 2.77. The molecule has 0 saturated carbocycles. The van der Waals surface area contributed by atoms with Gasteiger partial charge in [-0.15, -0.1) is 0 Å². The Bertz CT molecular complexity index is 674. The van der Waals surface area contributed by atoms with Gasteiger partial charge in [-0.05, 0) is 6.07 Å². The maximum Gasteiger partial charge on any atom is 0.234 e. The van der Waals surface area contributed by atoms with E-state index < -0.39 is 0 Å². The number of amides is 1. The second kappa shape index (κ2) is 7.83. The topological polar surface area (TPSA) is 61.4 Å². The average molecular weight is 329 g/mol. The van der Waals surface area contributed by atoms with Crippen LogP contribution in [0, 0.1) is 5.82 Å². The summed E-state index contributed by atoms with van der Waals surface area (Å²) in [6, 6.07) is 6.47. The number of anilines is 1. The molecule has 24 heavy (non-hydrogen) atoms. The fraction of sp³-hybridized carbons (Fsp3) is 0.353. The summed E-state index contributed by atoms with van der Waals surface area (Å²) in [4.78, 5) is 24.6. The van der Waals surface area contributed by atoms with Crippen molar-refractivity contribution in [3.8, 4) is 0 Å². The molecule has 0 spiro atoms. The molecule has 1 aromatic carbocycles. The lowest BCUT2D eigenvalue weighted by molar-refractivity contribution is -0.122. The van der Waals surface area contributed by atoms with Gasteiger partial charge in [0.15, 0.2) is 0 Å². The lowest BCUT2D eigenvalue weighted by Crippen LogP contribution is -2.49. The summed E-state index contributed by atoms with van der Waals surface area (Å²) < 4.78 is 13.5. The molecular weight excluding hydrogens is 309 g/mol. The van der Waals surface area contributed by atoms with Crippen molar-refractivity contribution in [3.63, 3.8) is 0 Å². The number of carbonyl (C=O) groups is 1. The smallest absolute Gasteiger partial charge is 0.234 e. The van der Waals surface area contributed by atoms with Gasteiger partial charge < -0.3 is 10.2 Å². The van der Waals surface area contributed by atoms with Crippen molar-refractivity contribution >= 4 is 11.7 Å². The Labute approximate surface area is 140 Å². The van der Waals surface area contributed by atoms with E-state index in [1.165, 1.54) is 6.07 Å². The predicted octanol–water partition coefficient (Wildman–Crippen LogP) is 1.05. The normalized spacial score (nSPS) is 15.3. The Morgan fingerprint density at radius 3 is 2.67 bits per heavy atom. The number of rotatable bonds is 5. The van der Waals surface area contributed by atoms with E-state index in [9.17, 15) is 9.18 Å². The molecule has 0 unspecified atom stereocenters. The minimum Gasteiger partial charge on any atom is -0.353 e. The standard InChI is InChI=1S/C17H20FN5O/c18-15-4-2-1-3-14(15)11-21-17(24)13-22-7-9-23(10-8-22)16-12-19-5-6-20-16/h1-6,12H,7-11,13H2,(H,21,24). The van der Waals surface area contributed by atoms with Crippen molar-refractivity contribution in [1.29, 1.82) is 0 Å². The molecule has 1 saturated heterocycles. The number of carbonyl (C=O) groups excluding carboxylic acids is 1. The van der Waals surface area contributed by atoms with Crippen molar-refractivity contribution in [2.45, 2.75) is 6.54 Å². The van der Waals surface area contributed by atoms with E-state index in [1.54, 1.807) is 36.8 Å². The highest BCUT2D eigenvalue weighted by Gasteiger charge is 2.19. The molecule has 1 aliphatic heterocycles. The van der Waals surface area contributed by atoms with Gasteiger partial charge >= 0.3 is 0 Å². The number of hydrogen-bond acceptors (Lipinski definition) is 5. The minimum atomic E-state index is -0.296. The van der Waals surface area contributed by atoms with E-state index in [1.807, 2.05) is 0 Å². The van der Waals surface area contributed by atoms with Crippen LogP contribution in [0.4, 0.5) is 10.2 Å². The van der Waals surface area contributed by atoms with Crippen LogP contribution in [0.25, 0.3) is 0 Å². The fourth-order valence-electron chi connectivity index (χ4n) is 2.68. The average Bonchev–Trinajstić information content (AvgIpc) is 2.62. The second-order valence-electron chi connectivity index (χ2n) is 5.69. The number of aromatic nitrogens is 2. The molecule has 126 valence electrons. The molecule has 1 amide bonds. The largest absolute Gasteiger partial charge is 0.353 e. The van der Waals surface area contributed by atoms with E-state index in [0.717, 1.165) is 32.0 Å². The Morgan fingerprint density at radius 2 is 1.96 bits per heavy atom. The molecule has 0 radical (unpaired) electrons. The van der Waals surface area contributed by atoms with Gasteiger partial charge in [-0.25, -0.2) is 9.37 Å². The third-order valence-electron chi connectivity index (χ3n) is 4.05. The molecule has 0 bridgehead atoms. The van der Waals surface area contributed by atoms with Crippen LogP contribution in [0.1, 0.15) is 5.56 Å². The predicted molar refractivity (Wildman–Crippen MR) is 88.9 cm³/mol. The van der Waals surface area contributed by atoms with E-state index in [4.69, 9.17) is 0 Å². The van der Waals surface area contributed by atoms with Crippen molar-refractivity contribution in [2.24, 2.45) is 0 Å². The minimum absolute atomic E-state index is 0.0915. The summed E-state index contributed by atoms with van der Waals surface area (Å²) in [6.45, 7) is 3.71. The number of halogens is 1. The first-order valence-corrected chi connectivity index (χ1v) is 7.96.